The maximum Gasteiger partial charge on any atom is 0.251 e. The normalized spacial score (nSPS) is 20.1. The van der Waals surface area contributed by atoms with E-state index in [1.807, 2.05) is 35.2 Å². The smallest absolute Gasteiger partial charge is 0.251 e. The molecule has 1 saturated carbocycles. The lowest BCUT2D eigenvalue weighted by Gasteiger charge is -2.34. The van der Waals surface area contributed by atoms with E-state index in [1.165, 1.54) is 12.8 Å². The Labute approximate surface area is 131 Å². The Morgan fingerprint density at radius 2 is 1.59 bits per heavy atom. The minimum atomic E-state index is -0.0128. The Bertz CT molecular complexity index is 515. The second-order valence-corrected chi connectivity index (χ2v) is 6.42. The topological polar surface area (TPSA) is 49.4 Å². The van der Waals surface area contributed by atoms with Gasteiger partial charge in [-0.1, -0.05) is 31.0 Å². The van der Waals surface area contributed by atoms with Crippen LogP contribution in [0.3, 0.4) is 0 Å². The van der Waals surface area contributed by atoms with Crippen LogP contribution in [0.15, 0.2) is 30.3 Å². The molecule has 3 rings (SSSR count). The van der Waals surface area contributed by atoms with E-state index in [4.69, 9.17) is 0 Å². The Morgan fingerprint density at radius 1 is 0.955 bits per heavy atom. The van der Waals surface area contributed by atoms with Crippen molar-refractivity contribution in [1.82, 2.24) is 10.2 Å². The maximum absolute atomic E-state index is 12.4. The molecule has 118 valence electrons. The summed E-state index contributed by atoms with van der Waals surface area (Å²) in [6.45, 7) is 1.55. The molecule has 2 fully saturated rings. The molecule has 0 atom stereocenters. The third-order valence-corrected chi connectivity index (χ3v) is 4.88. The van der Waals surface area contributed by atoms with Crippen LogP contribution < -0.4 is 5.32 Å². The predicted molar refractivity (Wildman–Crippen MR) is 85.5 cm³/mol. The molecule has 1 heterocycles. The molecule has 1 aliphatic carbocycles. The van der Waals surface area contributed by atoms with Crippen molar-refractivity contribution in [2.24, 2.45) is 5.92 Å². The number of hydrogen-bond donors (Lipinski definition) is 1. The summed E-state index contributed by atoms with van der Waals surface area (Å²) < 4.78 is 0. The molecule has 1 aromatic carbocycles. The monoisotopic (exact) mass is 300 g/mol. The minimum absolute atomic E-state index is 0.0128. The first kappa shape index (κ1) is 15.1. The largest absolute Gasteiger partial charge is 0.349 e. The highest BCUT2D eigenvalue weighted by atomic mass is 16.2. The molecule has 1 aliphatic heterocycles. The quantitative estimate of drug-likeness (QED) is 0.933. The van der Waals surface area contributed by atoms with E-state index in [0.717, 1.165) is 38.8 Å². The summed E-state index contributed by atoms with van der Waals surface area (Å²) in [4.78, 5) is 26.5. The summed E-state index contributed by atoms with van der Waals surface area (Å²) in [5.41, 5.74) is 0.701. The van der Waals surface area contributed by atoms with E-state index in [9.17, 15) is 9.59 Å². The first-order chi connectivity index (χ1) is 10.7. The molecule has 0 radical (unpaired) electrons. The van der Waals surface area contributed by atoms with Crippen molar-refractivity contribution >= 4 is 11.8 Å². The Kier molecular flexibility index (Phi) is 4.76. The fraction of sp³-hybridized carbons (Fsp3) is 0.556. The summed E-state index contributed by atoms with van der Waals surface area (Å²) in [5, 5.41) is 3.09. The van der Waals surface area contributed by atoms with Crippen LogP contribution in [0.25, 0.3) is 0 Å². The first-order valence-corrected chi connectivity index (χ1v) is 8.39. The van der Waals surface area contributed by atoms with Crippen LogP contribution in [0, 0.1) is 5.92 Å². The van der Waals surface area contributed by atoms with Gasteiger partial charge in [-0.2, -0.15) is 0 Å². The van der Waals surface area contributed by atoms with E-state index >= 15 is 0 Å². The Hall–Kier alpha value is -1.84. The second-order valence-electron chi connectivity index (χ2n) is 6.42. The SMILES string of the molecule is O=C(NC1CCN(C(=O)C2CCCC2)CC1)c1ccccc1. The second kappa shape index (κ2) is 6.95. The molecule has 4 nitrogen and oxygen atoms in total. The molecule has 22 heavy (non-hydrogen) atoms. The van der Waals surface area contributed by atoms with Crippen molar-refractivity contribution in [3.63, 3.8) is 0 Å². The standard InChI is InChI=1S/C18H24N2O2/c21-17(14-6-2-1-3-7-14)19-16-10-12-20(13-11-16)18(22)15-8-4-5-9-15/h1-3,6-7,15-16H,4-5,8-13H2,(H,19,21). The number of piperidine rings is 1. The number of carbonyl (C=O) groups excluding carboxylic acids is 2. The molecule has 0 aromatic heterocycles. The van der Waals surface area contributed by atoms with E-state index in [-0.39, 0.29) is 17.9 Å². The van der Waals surface area contributed by atoms with Crippen LogP contribution in [-0.2, 0) is 4.79 Å². The van der Waals surface area contributed by atoms with Crippen LogP contribution in [0.1, 0.15) is 48.9 Å². The summed E-state index contributed by atoms with van der Waals surface area (Å²) in [6, 6.07) is 9.49. The number of rotatable bonds is 3. The van der Waals surface area contributed by atoms with E-state index in [2.05, 4.69) is 5.32 Å². The van der Waals surface area contributed by atoms with Gasteiger partial charge < -0.3 is 10.2 Å². The van der Waals surface area contributed by atoms with Gasteiger partial charge in [0.2, 0.25) is 5.91 Å². The number of nitrogens with zero attached hydrogens (tertiary/aromatic N) is 1. The number of likely N-dealkylation sites (tertiary alicyclic amines) is 1. The van der Waals surface area contributed by atoms with Crippen molar-refractivity contribution in [3.05, 3.63) is 35.9 Å². The van der Waals surface area contributed by atoms with Gasteiger partial charge in [0, 0.05) is 30.6 Å². The lowest BCUT2D eigenvalue weighted by molar-refractivity contribution is -0.136. The molecule has 0 unspecified atom stereocenters. The average Bonchev–Trinajstić information content (AvgIpc) is 3.10. The number of amides is 2. The van der Waals surface area contributed by atoms with Gasteiger partial charge >= 0.3 is 0 Å². The molecule has 2 aliphatic rings. The molecular formula is C18H24N2O2. The van der Waals surface area contributed by atoms with E-state index in [1.54, 1.807) is 0 Å². The van der Waals surface area contributed by atoms with Gasteiger partial charge in [-0.3, -0.25) is 9.59 Å². The highest BCUT2D eigenvalue weighted by Gasteiger charge is 2.30. The van der Waals surface area contributed by atoms with Crippen LogP contribution in [0.4, 0.5) is 0 Å². The fourth-order valence-electron chi connectivity index (χ4n) is 3.53. The highest BCUT2D eigenvalue weighted by molar-refractivity contribution is 5.94. The van der Waals surface area contributed by atoms with Crippen LogP contribution in [0.2, 0.25) is 0 Å². The van der Waals surface area contributed by atoms with E-state index < -0.39 is 0 Å². The zero-order valence-corrected chi connectivity index (χ0v) is 13.0. The molecule has 1 saturated heterocycles. The zero-order valence-electron chi connectivity index (χ0n) is 13.0. The van der Waals surface area contributed by atoms with E-state index in [0.29, 0.717) is 11.5 Å². The van der Waals surface area contributed by atoms with Gasteiger partial charge in [-0.25, -0.2) is 0 Å². The molecule has 1 N–H and O–H groups in total. The summed E-state index contributed by atoms with van der Waals surface area (Å²) in [5.74, 6) is 0.585. The fourth-order valence-corrected chi connectivity index (χ4v) is 3.53. The average molecular weight is 300 g/mol. The summed E-state index contributed by atoms with van der Waals surface area (Å²) in [7, 11) is 0. The first-order valence-electron chi connectivity index (χ1n) is 8.39. The maximum atomic E-state index is 12.4. The predicted octanol–water partition coefficient (Wildman–Crippen LogP) is 2.60. The Morgan fingerprint density at radius 3 is 2.23 bits per heavy atom. The number of nitrogens with one attached hydrogen (secondary N) is 1. The minimum Gasteiger partial charge on any atom is -0.349 e. The van der Waals surface area contributed by atoms with Crippen molar-refractivity contribution in [2.45, 2.75) is 44.6 Å². The van der Waals surface area contributed by atoms with Crippen molar-refractivity contribution < 1.29 is 9.59 Å². The summed E-state index contributed by atoms with van der Waals surface area (Å²) in [6.07, 6.45) is 6.22. The van der Waals surface area contributed by atoms with Crippen LogP contribution >= 0.6 is 0 Å². The summed E-state index contributed by atoms with van der Waals surface area (Å²) >= 11 is 0. The van der Waals surface area contributed by atoms with Gasteiger partial charge in [0.1, 0.15) is 0 Å². The van der Waals surface area contributed by atoms with Crippen molar-refractivity contribution in [1.29, 1.82) is 0 Å². The van der Waals surface area contributed by atoms with Gasteiger partial charge in [-0.15, -0.1) is 0 Å². The van der Waals surface area contributed by atoms with Gasteiger partial charge in [-0.05, 0) is 37.8 Å². The molecule has 0 spiro atoms. The van der Waals surface area contributed by atoms with Crippen LogP contribution in [-0.4, -0.2) is 35.8 Å². The van der Waals surface area contributed by atoms with Crippen molar-refractivity contribution in [3.8, 4) is 0 Å². The lowest BCUT2D eigenvalue weighted by atomic mass is 10.0. The van der Waals surface area contributed by atoms with Gasteiger partial charge in [0.15, 0.2) is 0 Å². The third kappa shape index (κ3) is 3.49. The number of carbonyl (C=O) groups is 2. The molecule has 0 bridgehead atoms. The number of benzene rings is 1. The molecule has 2 amide bonds. The molecule has 4 heteroatoms. The molecule has 1 aromatic rings. The van der Waals surface area contributed by atoms with Gasteiger partial charge in [0.25, 0.3) is 5.91 Å². The van der Waals surface area contributed by atoms with Crippen molar-refractivity contribution in [2.75, 3.05) is 13.1 Å². The third-order valence-electron chi connectivity index (χ3n) is 4.88. The Balaban J connectivity index is 1.47. The van der Waals surface area contributed by atoms with Gasteiger partial charge in [0.05, 0.1) is 0 Å². The molecular weight excluding hydrogens is 276 g/mol. The lowest BCUT2D eigenvalue weighted by Crippen LogP contribution is -2.47. The van der Waals surface area contributed by atoms with Crippen LogP contribution in [0.5, 0.6) is 0 Å². The highest BCUT2D eigenvalue weighted by Crippen LogP contribution is 2.27. The number of hydrogen-bond acceptors (Lipinski definition) is 2. The zero-order chi connectivity index (χ0) is 15.4.